The molecular weight excluding hydrogens is 117 g/mol. The van der Waals surface area contributed by atoms with Gasteiger partial charge in [0.15, 0.2) is 0 Å². The zero-order chi connectivity index (χ0) is 4.41. The van der Waals surface area contributed by atoms with Crippen LogP contribution in [-0.4, -0.2) is 12.8 Å². The first-order chi connectivity index (χ1) is 2.89. The van der Waals surface area contributed by atoms with Gasteiger partial charge >= 0.3 is 0 Å². The number of quaternary nitrogens is 1. The fourth-order valence-electron chi connectivity index (χ4n) is 0.348. The van der Waals surface area contributed by atoms with Crippen LogP contribution in [0.3, 0.4) is 0 Å². The van der Waals surface area contributed by atoms with Crippen molar-refractivity contribution in [3.8, 4) is 0 Å². The van der Waals surface area contributed by atoms with Crippen LogP contribution in [-0.2, 0) is 17.7 Å². The van der Waals surface area contributed by atoms with Crippen molar-refractivity contribution < 1.29 is 9.08 Å². The van der Waals surface area contributed by atoms with E-state index in [0.717, 1.165) is 25.7 Å². The van der Waals surface area contributed by atoms with Crippen LogP contribution in [0, 0.1) is 0 Å². The summed E-state index contributed by atoms with van der Waals surface area (Å²) >= 11 is 4.71. The average molecular weight is 123 g/mol. The molecule has 2 unspecified atom stereocenters. The standard InChI is InChI=1S/C2H6NOPS/c6-3-4-1-2-5-3/h3,5H,1-2H2. The molecule has 1 aliphatic heterocycles. The minimum absolute atomic E-state index is 0.792. The number of hydrogen-bond donors (Lipinski definition) is 1. The van der Waals surface area contributed by atoms with Gasteiger partial charge in [-0.1, -0.05) is 0 Å². The van der Waals surface area contributed by atoms with Crippen LogP contribution in [0.1, 0.15) is 0 Å². The van der Waals surface area contributed by atoms with Gasteiger partial charge in [0.05, 0.1) is 0 Å². The van der Waals surface area contributed by atoms with Crippen LogP contribution in [0.5, 0.6) is 0 Å². The third-order valence-electron chi connectivity index (χ3n) is 0.605. The van der Waals surface area contributed by atoms with Crippen LogP contribution >= 0.6 is 8.73 Å². The van der Waals surface area contributed by atoms with Gasteiger partial charge in [-0.3, -0.25) is 4.24 Å². The predicted molar refractivity (Wildman–Crippen MR) is 27.5 cm³/mol. The zero-order valence-electron chi connectivity index (χ0n) is 3.23. The Balaban J connectivity index is 2.18. The van der Waals surface area contributed by atoms with Crippen LogP contribution in [0.2, 0.25) is 0 Å². The van der Waals surface area contributed by atoms with Crippen LogP contribution < -0.4 is 4.24 Å². The summed E-state index contributed by atoms with van der Waals surface area (Å²) in [5, 5.41) is 0. The Labute approximate surface area is 44.2 Å². The predicted octanol–water partition coefficient (Wildman–Crippen LogP) is -1.13. The fourth-order valence-corrected chi connectivity index (χ4v) is 1.35. The van der Waals surface area contributed by atoms with E-state index in [1.165, 1.54) is 0 Å². The lowest BCUT2D eigenvalue weighted by Gasteiger charge is -2.08. The second-order valence-electron chi connectivity index (χ2n) is 1.06. The summed E-state index contributed by atoms with van der Waals surface area (Å²) in [5.41, 5.74) is 0. The van der Waals surface area contributed by atoms with E-state index in [2.05, 4.69) is 0 Å². The first kappa shape index (κ1) is 4.85. The van der Waals surface area contributed by atoms with Crippen LogP contribution in [0.25, 0.3) is 0 Å². The Morgan fingerprint density at radius 1 is 1.83 bits per heavy atom. The number of nitrogens with one attached hydrogen (secondary N) is 1. The molecule has 36 valence electrons. The molecule has 0 saturated carbocycles. The average Bonchev–Trinajstić information content (AvgIpc) is 1.86. The maximum absolute atomic E-state index is 4.90. The Morgan fingerprint density at radius 2 is 2.67 bits per heavy atom. The first-order valence-corrected chi connectivity index (χ1v) is 3.42. The van der Waals surface area contributed by atoms with Crippen LogP contribution in [0.15, 0.2) is 0 Å². The van der Waals surface area contributed by atoms with Gasteiger partial charge in [0, 0.05) is 6.16 Å². The molecule has 6 heavy (non-hydrogen) atoms. The molecule has 1 N–H and O–H groups in total. The molecule has 1 heterocycles. The summed E-state index contributed by atoms with van der Waals surface area (Å²) in [6, 6.07) is 0. The Morgan fingerprint density at radius 3 is 2.83 bits per heavy atom. The highest BCUT2D eigenvalue weighted by Gasteiger charge is 2.04. The maximum Gasteiger partial charge on any atom is 0.113 e. The third-order valence-corrected chi connectivity index (χ3v) is 2.04. The summed E-state index contributed by atoms with van der Waals surface area (Å²) < 4.78 is 0.815. The molecule has 0 aromatic carbocycles. The van der Waals surface area contributed by atoms with E-state index in [1.807, 2.05) is 0 Å². The van der Waals surface area contributed by atoms with E-state index in [0.29, 0.717) is 0 Å². The molecule has 0 bridgehead atoms. The highest BCUT2D eigenvalue weighted by molar-refractivity contribution is 7.57. The molecule has 2 nitrogen and oxygen atoms in total. The van der Waals surface area contributed by atoms with E-state index in [9.17, 15) is 0 Å². The molecule has 1 fully saturated rings. The normalized spacial score (nSPS) is 38.5. The van der Waals surface area contributed by atoms with Gasteiger partial charge in [-0.15, -0.1) is 0 Å². The van der Waals surface area contributed by atoms with Gasteiger partial charge in [0.2, 0.25) is 0 Å². The number of hydrogen-bond acceptors (Lipinski definition) is 2. The molecule has 0 amide bonds. The molecule has 0 aliphatic carbocycles. The minimum atomic E-state index is 0.792. The van der Waals surface area contributed by atoms with Crippen molar-refractivity contribution in [2.75, 3.05) is 12.8 Å². The third kappa shape index (κ3) is 1.09. The van der Waals surface area contributed by atoms with Gasteiger partial charge < -0.3 is 12.8 Å². The van der Waals surface area contributed by atoms with Crippen molar-refractivity contribution in [2.45, 2.75) is 0 Å². The smallest absolute Gasteiger partial charge is 0.113 e. The molecule has 0 aromatic rings. The summed E-state index contributed by atoms with van der Waals surface area (Å²) in [7, 11) is 0.792. The van der Waals surface area contributed by atoms with E-state index >= 15 is 0 Å². The highest BCUT2D eigenvalue weighted by Crippen LogP contribution is 1.99. The van der Waals surface area contributed by atoms with E-state index < -0.39 is 0 Å². The first-order valence-electron chi connectivity index (χ1n) is 1.80. The second-order valence-corrected chi connectivity index (χ2v) is 3.10. The van der Waals surface area contributed by atoms with Crippen LogP contribution in [0.4, 0.5) is 0 Å². The van der Waals surface area contributed by atoms with Gasteiger partial charge in [-0.25, -0.2) is 4.84 Å². The Kier molecular flexibility index (Phi) is 1.72. The topological polar surface area (TPSA) is 13.7 Å². The summed E-state index contributed by atoms with van der Waals surface area (Å²) in [6.45, 7) is 0.858. The quantitative estimate of drug-likeness (QED) is 0.323. The van der Waals surface area contributed by atoms with Crippen molar-refractivity contribution in [1.82, 2.24) is 0 Å². The molecule has 0 spiro atoms. The van der Waals surface area contributed by atoms with Gasteiger partial charge in [-0.2, -0.15) is 0 Å². The molecular formula is C2H6NOPS. The van der Waals surface area contributed by atoms with Gasteiger partial charge in [-0.05, 0) is 0 Å². The second kappa shape index (κ2) is 2.12. The van der Waals surface area contributed by atoms with Crippen molar-refractivity contribution in [2.24, 2.45) is 0 Å². The maximum atomic E-state index is 4.90. The number of rotatable bonds is 0. The Bertz CT molecular complexity index is 46.8. The molecule has 0 aromatic heterocycles. The lowest BCUT2D eigenvalue weighted by atomic mass is 10.9. The van der Waals surface area contributed by atoms with Crippen molar-refractivity contribution >= 4 is 21.5 Å². The fraction of sp³-hybridized carbons (Fsp3) is 1.00. The summed E-state index contributed by atoms with van der Waals surface area (Å²) in [6.07, 6.45) is 1.15. The van der Waals surface area contributed by atoms with Crippen molar-refractivity contribution in [3.63, 3.8) is 0 Å². The van der Waals surface area contributed by atoms with Crippen molar-refractivity contribution in [1.29, 1.82) is 0 Å². The molecule has 0 radical (unpaired) electrons. The lowest BCUT2D eigenvalue weighted by Crippen LogP contribution is -2.95. The molecule has 2 atom stereocenters. The highest BCUT2D eigenvalue weighted by atomic mass is 32.1. The van der Waals surface area contributed by atoms with Gasteiger partial charge in [0.25, 0.3) is 0 Å². The lowest BCUT2D eigenvalue weighted by molar-refractivity contribution is -0.853. The summed E-state index contributed by atoms with van der Waals surface area (Å²) in [4.78, 5) is 4.90. The van der Waals surface area contributed by atoms with Crippen molar-refractivity contribution in [3.05, 3.63) is 0 Å². The molecule has 1 aliphatic rings. The zero-order valence-corrected chi connectivity index (χ0v) is 5.05. The minimum Gasteiger partial charge on any atom is -0.454 e. The molecule has 4 heteroatoms. The SMILES string of the molecule is [S-][NH+]1OCCP1. The molecule has 1 rings (SSSR count). The van der Waals surface area contributed by atoms with E-state index in [4.69, 9.17) is 17.7 Å². The monoisotopic (exact) mass is 123 g/mol. The Hall–Kier alpha value is 0.700. The molecule has 1 saturated heterocycles. The van der Waals surface area contributed by atoms with E-state index in [1.54, 1.807) is 0 Å². The summed E-state index contributed by atoms with van der Waals surface area (Å²) in [5.74, 6) is 0. The van der Waals surface area contributed by atoms with E-state index in [-0.39, 0.29) is 0 Å². The van der Waals surface area contributed by atoms with Gasteiger partial charge in [0.1, 0.15) is 15.3 Å². The largest absolute Gasteiger partial charge is 0.454 e.